The summed E-state index contributed by atoms with van der Waals surface area (Å²) in [7, 11) is 0. The minimum atomic E-state index is -0.232. The van der Waals surface area contributed by atoms with Crippen LogP contribution < -0.4 is 0 Å². The molecule has 1 aromatic carbocycles. The number of benzene rings is 1. The standard InChI is InChI=1S/C15H20FNO2S/c1-3-9-17(12-15(18)19-4-2)10-11-20-14-7-5-13(16)6-8-14/h3,5-8H,1,4,9-12H2,2H3. The summed E-state index contributed by atoms with van der Waals surface area (Å²) < 4.78 is 17.7. The van der Waals surface area contributed by atoms with Gasteiger partial charge in [0.05, 0.1) is 13.2 Å². The number of ether oxygens (including phenoxy) is 1. The highest BCUT2D eigenvalue weighted by atomic mass is 32.2. The Morgan fingerprint density at radius 2 is 2.15 bits per heavy atom. The largest absolute Gasteiger partial charge is 0.465 e. The van der Waals surface area contributed by atoms with E-state index < -0.39 is 0 Å². The molecular weight excluding hydrogens is 277 g/mol. The maximum Gasteiger partial charge on any atom is 0.320 e. The normalized spacial score (nSPS) is 10.6. The minimum Gasteiger partial charge on any atom is -0.465 e. The van der Waals surface area contributed by atoms with Crippen LogP contribution in [0.25, 0.3) is 0 Å². The molecule has 0 aliphatic rings. The highest BCUT2D eigenvalue weighted by Gasteiger charge is 2.10. The Morgan fingerprint density at radius 3 is 2.75 bits per heavy atom. The molecule has 0 fully saturated rings. The van der Waals surface area contributed by atoms with Crippen molar-refractivity contribution in [3.05, 3.63) is 42.7 Å². The van der Waals surface area contributed by atoms with Crippen molar-refractivity contribution < 1.29 is 13.9 Å². The van der Waals surface area contributed by atoms with Gasteiger partial charge in [-0.2, -0.15) is 0 Å². The highest BCUT2D eigenvalue weighted by Crippen LogP contribution is 2.17. The lowest BCUT2D eigenvalue weighted by atomic mass is 10.4. The van der Waals surface area contributed by atoms with Crippen LogP contribution in [0.3, 0.4) is 0 Å². The van der Waals surface area contributed by atoms with E-state index >= 15 is 0 Å². The molecule has 0 spiro atoms. The number of hydrogen-bond acceptors (Lipinski definition) is 4. The van der Waals surface area contributed by atoms with E-state index in [9.17, 15) is 9.18 Å². The lowest BCUT2D eigenvalue weighted by Gasteiger charge is -2.19. The Bertz CT molecular complexity index is 422. The number of carbonyl (C=O) groups is 1. The Hall–Kier alpha value is -1.33. The molecule has 0 radical (unpaired) electrons. The Kier molecular flexibility index (Phi) is 7.99. The number of hydrogen-bond donors (Lipinski definition) is 0. The van der Waals surface area contributed by atoms with Gasteiger partial charge in [-0.1, -0.05) is 6.08 Å². The number of halogens is 1. The lowest BCUT2D eigenvalue weighted by molar-refractivity contribution is -0.144. The molecular formula is C15H20FNO2S. The van der Waals surface area contributed by atoms with Crippen LogP contribution in [0.15, 0.2) is 41.8 Å². The third-order valence-corrected chi connectivity index (χ3v) is 3.53. The molecule has 1 rings (SSSR count). The predicted molar refractivity (Wildman–Crippen MR) is 80.4 cm³/mol. The van der Waals surface area contributed by atoms with E-state index in [4.69, 9.17) is 4.74 Å². The van der Waals surface area contributed by atoms with Crippen molar-refractivity contribution in [1.82, 2.24) is 4.90 Å². The number of carbonyl (C=O) groups excluding carboxylic acids is 1. The smallest absolute Gasteiger partial charge is 0.320 e. The molecule has 5 heteroatoms. The van der Waals surface area contributed by atoms with Gasteiger partial charge in [0.2, 0.25) is 0 Å². The van der Waals surface area contributed by atoms with E-state index in [1.165, 1.54) is 12.1 Å². The zero-order valence-electron chi connectivity index (χ0n) is 11.7. The second-order valence-electron chi connectivity index (χ2n) is 4.13. The molecule has 1 aromatic rings. The van der Waals surface area contributed by atoms with Crippen LogP contribution in [-0.2, 0) is 9.53 Å². The van der Waals surface area contributed by atoms with Crippen molar-refractivity contribution in [2.75, 3.05) is 32.0 Å². The molecule has 0 aliphatic heterocycles. The summed E-state index contributed by atoms with van der Waals surface area (Å²) in [6.07, 6.45) is 1.77. The number of nitrogens with zero attached hydrogens (tertiary/aromatic N) is 1. The van der Waals surface area contributed by atoms with Crippen molar-refractivity contribution in [3.8, 4) is 0 Å². The van der Waals surface area contributed by atoms with Crippen molar-refractivity contribution in [2.24, 2.45) is 0 Å². The zero-order chi connectivity index (χ0) is 14.8. The highest BCUT2D eigenvalue weighted by molar-refractivity contribution is 7.99. The molecule has 110 valence electrons. The average molecular weight is 297 g/mol. The molecule has 0 saturated carbocycles. The fourth-order valence-corrected chi connectivity index (χ4v) is 2.54. The van der Waals surface area contributed by atoms with Gasteiger partial charge in [0.1, 0.15) is 5.82 Å². The summed E-state index contributed by atoms with van der Waals surface area (Å²) in [5.41, 5.74) is 0. The first-order valence-corrected chi connectivity index (χ1v) is 7.51. The van der Waals surface area contributed by atoms with E-state index in [0.717, 1.165) is 17.2 Å². The molecule has 20 heavy (non-hydrogen) atoms. The van der Waals surface area contributed by atoms with Crippen LogP contribution in [-0.4, -0.2) is 42.9 Å². The van der Waals surface area contributed by atoms with Crippen LogP contribution in [0.2, 0.25) is 0 Å². The minimum absolute atomic E-state index is 0.221. The van der Waals surface area contributed by atoms with E-state index in [2.05, 4.69) is 6.58 Å². The Morgan fingerprint density at radius 1 is 1.45 bits per heavy atom. The summed E-state index contributed by atoms with van der Waals surface area (Å²) in [6, 6.07) is 6.40. The molecule has 0 heterocycles. The summed E-state index contributed by atoms with van der Waals surface area (Å²) in [5, 5.41) is 0. The van der Waals surface area contributed by atoms with Gasteiger partial charge in [-0.25, -0.2) is 4.39 Å². The number of thioether (sulfide) groups is 1. The van der Waals surface area contributed by atoms with Crippen molar-refractivity contribution >= 4 is 17.7 Å². The van der Waals surface area contributed by atoms with Gasteiger partial charge in [0.25, 0.3) is 0 Å². The first-order valence-electron chi connectivity index (χ1n) is 6.53. The fraction of sp³-hybridized carbons (Fsp3) is 0.400. The SMILES string of the molecule is C=CCN(CCSc1ccc(F)cc1)CC(=O)OCC. The Balaban J connectivity index is 2.36. The second kappa shape index (κ2) is 9.55. The number of rotatable bonds is 9. The summed E-state index contributed by atoms with van der Waals surface area (Å²) in [5.74, 6) is 0.366. The molecule has 0 saturated heterocycles. The maximum absolute atomic E-state index is 12.8. The third kappa shape index (κ3) is 6.73. The molecule has 0 aliphatic carbocycles. The molecule has 3 nitrogen and oxygen atoms in total. The summed E-state index contributed by atoms with van der Waals surface area (Å²) in [4.78, 5) is 14.4. The molecule has 0 aromatic heterocycles. The van der Waals surface area contributed by atoms with Crippen LogP contribution in [0.4, 0.5) is 4.39 Å². The molecule has 0 unspecified atom stereocenters. The van der Waals surface area contributed by atoms with Crippen LogP contribution in [0.1, 0.15) is 6.92 Å². The lowest BCUT2D eigenvalue weighted by Crippen LogP contribution is -2.33. The van der Waals surface area contributed by atoms with Gasteiger partial charge < -0.3 is 4.74 Å². The maximum atomic E-state index is 12.8. The third-order valence-electron chi connectivity index (χ3n) is 2.54. The Labute approximate surface area is 123 Å². The van der Waals surface area contributed by atoms with Crippen molar-refractivity contribution in [3.63, 3.8) is 0 Å². The molecule has 0 amide bonds. The van der Waals surface area contributed by atoms with Gasteiger partial charge in [-0.05, 0) is 31.2 Å². The predicted octanol–water partition coefficient (Wildman–Crippen LogP) is 2.97. The van der Waals surface area contributed by atoms with E-state index in [1.54, 1.807) is 36.9 Å². The van der Waals surface area contributed by atoms with Crippen molar-refractivity contribution in [2.45, 2.75) is 11.8 Å². The first kappa shape index (κ1) is 16.7. The zero-order valence-corrected chi connectivity index (χ0v) is 12.5. The van der Waals surface area contributed by atoms with Gasteiger partial charge in [-0.3, -0.25) is 9.69 Å². The summed E-state index contributed by atoms with van der Waals surface area (Å²) >= 11 is 1.63. The fourth-order valence-electron chi connectivity index (χ4n) is 1.63. The second-order valence-corrected chi connectivity index (χ2v) is 5.30. The monoisotopic (exact) mass is 297 g/mol. The summed E-state index contributed by atoms with van der Waals surface area (Å²) in [6.45, 7) is 7.53. The van der Waals surface area contributed by atoms with Crippen LogP contribution in [0.5, 0.6) is 0 Å². The number of esters is 1. The van der Waals surface area contributed by atoms with Crippen LogP contribution in [0, 0.1) is 5.82 Å². The quantitative estimate of drug-likeness (QED) is 0.398. The van der Waals surface area contributed by atoms with Crippen LogP contribution >= 0.6 is 11.8 Å². The molecule has 0 atom stereocenters. The van der Waals surface area contributed by atoms with Gasteiger partial charge >= 0.3 is 5.97 Å². The molecule has 0 bridgehead atoms. The topological polar surface area (TPSA) is 29.5 Å². The van der Waals surface area contributed by atoms with E-state index in [1.807, 2.05) is 4.90 Å². The van der Waals surface area contributed by atoms with E-state index in [-0.39, 0.29) is 18.3 Å². The van der Waals surface area contributed by atoms with E-state index in [0.29, 0.717) is 13.2 Å². The molecule has 0 N–H and O–H groups in total. The van der Waals surface area contributed by atoms with Crippen molar-refractivity contribution in [1.29, 1.82) is 0 Å². The van der Waals surface area contributed by atoms with Gasteiger partial charge in [-0.15, -0.1) is 18.3 Å². The first-order chi connectivity index (χ1) is 9.65. The van der Waals surface area contributed by atoms with Gasteiger partial charge in [0, 0.05) is 23.7 Å². The van der Waals surface area contributed by atoms with Gasteiger partial charge in [0.15, 0.2) is 0 Å². The average Bonchev–Trinajstić information content (AvgIpc) is 2.41.